The lowest BCUT2D eigenvalue weighted by atomic mass is 10.2. The van der Waals surface area contributed by atoms with E-state index in [1.165, 1.54) is 19.1 Å². The molecule has 0 aromatic heterocycles. The molecule has 0 spiro atoms. The maximum atomic E-state index is 11.7. The lowest BCUT2D eigenvalue weighted by Gasteiger charge is -2.07. The van der Waals surface area contributed by atoms with Crippen molar-refractivity contribution in [2.75, 3.05) is 18.5 Å². The molecule has 1 rings (SSSR count). The van der Waals surface area contributed by atoms with Gasteiger partial charge < -0.3 is 15.4 Å². The quantitative estimate of drug-likeness (QED) is 0.595. The zero-order valence-corrected chi connectivity index (χ0v) is 11.5. The van der Waals surface area contributed by atoms with Gasteiger partial charge in [0.1, 0.15) is 0 Å². The number of hydrogen-bond donors (Lipinski definition) is 2. The first-order valence-corrected chi connectivity index (χ1v) is 6.21. The molecule has 7 nitrogen and oxygen atoms in total. The van der Waals surface area contributed by atoms with E-state index in [4.69, 9.17) is 10.00 Å². The molecular formula is C14H15N3O4. The van der Waals surface area contributed by atoms with Gasteiger partial charge in [-0.3, -0.25) is 9.59 Å². The van der Waals surface area contributed by atoms with Crippen molar-refractivity contribution in [2.45, 2.75) is 13.3 Å². The second-order valence-corrected chi connectivity index (χ2v) is 4.10. The first-order chi connectivity index (χ1) is 10.0. The third-order valence-electron chi connectivity index (χ3n) is 2.31. The van der Waals surface area contributed by atoms with Crippen molar-refractivity contribution in [1.82, 2.24) is 5.32 Å². The van der Waals surface area contributed by atoms with Crippen molar-refractivity contribution in [1.29, 1.82) is 5.26 Å². The van der Waals surface area contributed by atoms with Crippen LogP contribution < -0.4 is 10.6 Å². The summed E-state index contributed by atoms with van der Waals surface area (Å²) in [6.07, 6.45) is 0.193. The number of nitriles is 1. The molecule has 1 aromatic rings. The molecule has 0 heterocycles. The third kappa shape index (κ3) is 6.20. The second-order valence-electron chi connectivity index (χ2n) is 4.10. The van der Waals surface area contributed by atoms with E-state index < -0.39 is 18.5 Å². The minimum absolute atomic E-state index is 0.193. The fourth-order valence-corrected chi connectivity index (χ4v) is 1.45. The average molecular weight is 289 g/mol. The van der Waals surface area contributed by atoms with Crippen molar-refractivity contribution >= 4 is 23.5 Å². The van der Waals surface area contributed by atoms with Crippen molar-refractivity contribution in [3.8, 4) is 6.07 Å². The van der Waals surface area contributed by atoms with Gasteiger partial charge in [0, 0.05) is 19.2 Å². The van der Waals surface area contributed by atoms with Gasteiger partial charge in [0.05, 0.1) is 18.1 Å². The summed E-state index contributed by atoms with van der Waals surface area (Å²) in [7, 11) is 0. The van der Waals surface area contributed by atoms with Gasteiger partial charge in [-0.05, 0) is 18.2 Å². The van der Waals surface area contributed by atoms with Crippen LogP contribution in [0.25, 0.3) is 0 Å². The van der Waals surface area contributed by atoms with Crippen LogP contribution in [0.2, 0.25) is 0 Å². The Morgan fingerprint density at radius 1 is 1.33 bits per heavy atom. The molecule has 0 aliphatic heterocycles. The number of hydrogen-bond acceptors (Lipinski definition) is 5. The number of esters is 1. The van der Waals surface area contributed by atoms with Gasteiger partial charge in [-0.1, -0.05) is 6.07 Å². The van der Waals surface area contributed by atoms with Crippen LogP contribution in [0.3, 0.4) is 0 Å². The third-order valence-corrected chi connectivity index (χ3v) is 2.31. The highest BCUT2D eigenvalue weighted by Gasteiger charge is 2.10. The minimum atomic E-state index is -0.669. The highest BCUT2D eigenvalue weighted by molar-refractivity contribution is 5.94. The molecule has 2 N–H and O–H groups in total. The summed E-state index contributed by atoms with van der Waals surface area (Å²) < 4.78 is 4.83. The van der Waals surface area contributed by atoms with Crippen molar-refractivity contribution in [3.63, 3.8) is 0 Å². The first kappa shape index (κ1) is 16.2. The molecule has 0 aliphatic carbocycles. The summed E-state index contributed by atoms with van der Waals surface area (Å²) in [4.78, 5) is 34.0. The predicted octanol–water partition coefficient (Wildman–Crippen LogP) is 0.832. The molecule has 110 valence electrons. The molecule has 0 radical (unpaired) electrons. The van der Waals surface area contributed by atoms with Crippen LogP contribution in [0.15, 0.2) is 24.3 Å². The molecule has 0 aliphatic rings. The zero-order valence-electron chi connectivity index (χ0n) is 11.5. The van der Waals surface area contributed by atoms with Crippen LogP contribution in [-0.2, 0) is 14.3 Å². The predicted molar refractivity (Wildman–Crippen MR) is 74.3 cm³/mol. The monoisotopic (exact) mass is 289 g/mol. The van der Waals surface area contributed by atoms with E-state index >= 15 is 0 Å². The van der Waals surface area contributed by atoms with Crippen LogP contribution in [-0.4, -0.2) is 30.9 Å². The smallest absolute Gasteiger partial charge is 0.338 e. The average Bonchev–Trinajstić information content (AvgIpc) is 2.44. The highest BCUT2D eigenvalue weighted by Crippen LogP contribution is 2.11. The topological polar surface area (TPSA) is 108 Å². The summed E-state index contributed by atoms with van der Waals surface area (Å²) in [6.45, 7) is 1.15. The van der Waals surface area contributed by atoms with Gasteiger partial charge >= 0.3 is 5.97 Å². The molecule has 0 unspecified atom stereocenters. The normalized spacial score (nSPS) is 9.33. The Morgan fingerprint density at radius 3 is 2.76 bits per heavy atom. The number of rotatable bonds is 6. The van der Waals surface area contributed by atoms with Gasteiger partial charge in [0.2, 0.25) is 5.91 Å². The van der Waals surface area contributed by atoms with Crippen LogP contribution in [0.4, 0.5) is 5.69 Å². The van der Waals surface area contributed by atoms with Crippen molar-refractivity contribution < 1.29 is 19.1 Å². The molecule has 21 heavy (non-hydrogen) atoms. The molecule has 7 heteroatoms. The largest absolute Gasteiger partial charge is 0.452 e. The number of nitrogens with one attached hydrogen (secondary N) is 2. The lowest BCUT2D eigenvalue weighted by Crippen LogP contribution is -2.29. The Bertz CT molecular complexity index is 578. The van der Waals surface area contributed by atoms with E-state index in [0.29, 0.717) is 5.69 Å². The number of anilines is 1. The van der Waals surface area contributed by atoms with Gasteiger partial charge in [-0.2, -0.15) is 5.26 Å². The first-order valence-electron chi connectivity index (χ1n) is 6.21. The number of carbonyl (C=O) groups excluding carboxylic acids is 3. The van der Waals surface area contributed by atoms with Gasteiger partial charge in [-0.25, -0.2) is 4.79 Å². The number of nitrogens with zero attached hydrogens (tertiary/aromatic N) is 1. The van der Waals surface area contributed by atoms with E-state index in [-0.39, 0.29) is 24.4 Å². The van der Waals surface area contributed by atoms with Gasteiger partial charge in [0.15, 0.2) is 6.61 Å². The fourth-order valence-electron chi connectivity index (χ4n) is 1.45. The number of ether oxygens (including phenoxy) is 1. The Balaban J connectivity index is 2.50. The minimum Gasteiger partial charge on any atom is -0.452 e. The van der Waals surface area contributed by atoms with E-state index in [9.17, 15) is 14.4 Å². The summed E-state index contributed by atoms with van der Waals surface area (Å²) in [6, 6.07) is 8.07. The SMILES string of the molecule is CC(=O)Nc1cccc(C(=O)OCC(=O)NCCC#N)c1. The number of benzene rings is 1. The Hall–Kier alpha value is -2.88. The Labute approximate surface area is 121 Å². The fraction of sp³-hybridized carbons (Fsp3) is 0.286. The molecule has 0 fully saturated rings. The molecule has 0 bridgehead atoms. The van der Waals surface area contributed by atoms with E-state index in [2.05, 4.69) is 10.6 Å². The second kappa shape index (κ2) is 8.32. The summed E-state index contributed by atoms with van der Waals surface area (Å²) >= 11 is 0. The van der Waals surface area contributed by atoms with Crippen LogP contribution in [0.1, 0.15) is 23.7 Å². The maximum absolute atomic E-state index is 11.7. The number of carbonyl (C=O) groups is 3. The van der Waals surface area contributed by atoms with Gasteiger partial charge in [-0.15, -0.1) is 0 Å². The summed E-state index contributed by atoms with van der Waals surface area (Å²) in [5.74, 6) is -1.40. The van der Waals surface area contributed by atoms with Crippen LogP contribution in [0, 0.1) is 11.3 Å². The van der Waals surface area contributed by atoms with E-state index in [1.54, 1.807) is 12.1 Å². The maximum Gasteiger partial charge on any atom is 0.338 e. The Kier molecular flexibility index (Phi) is 6.41. The number of amides is 2. The molecule has 2 amide bonds. The lowest BCUT2D eigenvalue weighted by molar-refractivity contribution is -0.124. The molecular weight excluding hydrogens is 274 g/mol. The molecule has 1 aromatic carbocycles. The summed E-state index contributed by atoms with van der Waals surface area (Å²) in [5, 5.41) is 13.3. The van der Waals surface area contributed by atoms with Crippen LogP contribution >= 0.6 is 0 Å². The Morgan fingerprint density at radius 2 is 2.10 bits per heavy atom. The molecule has 0 atom stereocenters. The molecule has 0 saturated heterocycles. The van der Waals surface area contributed by atoms with E-state index in [0.717, 1.165) is 0 Å². The highest BCUT2D eigenvalue weighted by atomic mass is 16.5. The zero-order chi connectivity index (χ0) is 15.7. The molecule has 0 saturated carbocycles. The van der Waals surface area contributed by atoms with Crippen molar-refractivity contribution in [2.24, 2.45) is 0 Å². The van der Waals surface area contributed by atoms with E-state index in [1.807, 2.05) is 6.07 Å². The summed E-state index contributed by atoms with van der Waals surface area (Å²) in [5.41, 5.74) is 0.696. The standard InChI is InChI=1S/C14H15N3O4/c1-10(18)17-12-5-2-4-11(8-12)14(20)21-9-13(19)16-7-3-6-15/h2,4-5,8H,3,7,9H2,1H3,(H,16,19)(H,17,18). The van der Waals surface area contributed by atoms with Crippen molar-refractivity contribution in [3.05, 3.63) is 29.8 Å². The van der Waals surface area contributed by atoms with Gasteiger partial charge in [0.25, 0.3) is 5.91 Å². The van der Waals surface area contributed by atoms with Crippen LogP contribution in [0.5, 0.6) is 0 Å².